The van der Waals surface area contributed by atoms with E-state index in [0.29, 0.717) is 11.4 Å². The van der Waals surface area contributed by atoms with Crippen LogP contribution >= 0.6 is 0 Å². The molecule has 1 aliphatic rings. The molecule has 1 heterocycles. The van der Waals surface area contributed by atoms with Gasteiger partial charge in [0, 0.05) is 6.04 Å². The van der Waals surface area contributed by atoms with Crippen molar-refractivity contribution in [3.63, 3.8) is 0 Å². The van der Waals surface area contributed by atoms with Crippen LogP contribution in [0.1, 0.15) is 20.8 Å². The van der Waals surface area contributed by atoms with Gasteiger partial charge in [-0.05, 0) is 32.9 Å². The number of benzene rings is 1. The van der Waals surface area contributed by atoms with Gasteiger partial charge >= 0.3 is 0 Å². The number of nitrogens with zero attached hydrogens (tertiary/aromatic N) is 1. The van der Waals surface area contributed by atoms with E-state index in [1.807, 2.05) is 13.8 Å². The molecule has 0 fully saturated rings. The van der Waals surface area contributed by atoms with E-state index in [9.17, 15) is 9.18 Å². The minimum absolute atomic E-state index is 0.0203. The van der Waals surface area contributed by atoms with Gasteiger partial charge in [0.05, 0.1) is 11.4 Å². The molecule has 16 heavy (non-hydrogen) atoms. The predicted molar refractivity (Wildman–Crippen MR) is 62.1 cm³/mol. The summed E-state index contributed by atoms with van der Waals surface area (Å²) in [6.45, 7) is 5.59. The number of rotatable bonds is 1. The molecular weight excluding hydrogens is 207 g/mol. The number of halogens is 1. The van der Waals surface area contributed by atoms with Crippen molar-refractivity contribution in [2.24, 2.45) is 0 Å². The molecule has 0 saturated heterocycles. The first-order valence-electron chi connectivity index (χ1n) is 5.40. The third kappa shape index (κ3) is 1.54. The highest BCUT2D eigenvalue weighted by Gasteiger charge is 2.32. The number of fused-ring (bicyclic) bond motifs is 1. The quantitative estimate of drug-likeness (QED) is 0.791. The molecule has 1 N–H and O–H groups in total. The van der Waals surface area contributed by atoms with E-state index >= 15 is 0 Å². The molecule has 1 unspecified atom stereocenters. The fraction of sp³-hybridized carbons (Fsp3) is 0.417. The maximum Gasteiger partial charge on any atom is 0.249 e. The molecule has 4 heteroatoms. The lowest BCUT2D eigenvalue weighted by atomic mass is 10.1. The van der Waals surface area contributed by atoms with Crippen molar-refractivity contribution in [2.75, 3.05) is 10.2 Å². The zero-order valence-corrected chi connectivity index (χ0v) is 9.62. The molecule has 2 rings (SSSR count). The van der Waals surface area contributed by atoms with E-state index in [1.54, 1.807) is 24.0 Å². The Morgan fingerprint density at radius 3 is 2.75 bits per heavy atom. The number of carbonyl (C=O) groups is 1. The van der Waals surface area contributed by atoms with Crippen LogP contribution < -0.4 is 10.2 Å². The summed E-state index contributed by atoms with van der Waals surface area (Å²) in [5.74, 6) is -0.337. The van der Waals surface area contributed by atoms with Gasteiger partial charge in [-0.3, -0.25) is 4.79 Å². The molecule has 1 aromatic rings. The lowest BCUT2D eigenvalue weighted by Crippen LogP contribution is -2.49. The first-order valence-corrected chi connectivity index (χ1v) is 5.40. The van der Waals surface area contributed by atoms with Crippen molar-refractivity contribution in [3.05, 3.63) is 24.0 Å². The van der Waals surface area contributed by atoms with Gasteiger partial charge < -0.3 is 10.2 Å². The Balaban J connectivity index is 2.56. The SMILES string of the molecule is CC1Nc2c(F)cccc2N(C(C)C)C1=O. The number of para-hydroxylation sites is 1. The van der Waals surface area contributed by atoms with E-state index in [0.717, 1.165) is 0 Å². The van der Waals surface area contributed by atoms with Crippen LogP contribution in [0.25, 0.3) is 0 Å². The van der Waals surface area contributed by atoms with Crippen LogP contribution in [0.2, 0.25) is 0 Å². The lowest BCUT2D eigenvalue weighted by molar-refractivity contribution is -0.119. The zero-order valence-electron chi connectivity index (χ0n) is 9.62. The number of hydrogen-bond donors (Lipinski definition) is 1. The van der Waals surface area contributed by atoms with Crippen molar-refractivity contribution in [2.45, 2.75) is 32.9 Å². The normalized spacial score (nSPS) is 19.7. The highest BCUT2D eigenvalue weighted by molar-refractivity contribution is 6.05. The van der Waals surface area contributed by atoms with Crippen LogP contribution in [0.4, 0.5) is 15.8 Å². The monoisotopic (exact) mass is 222 g/mol. The maximum absolute atomic E-state index is 13.6. The lowest BCUT2D eigenvalue weighted by Gasteiger charge is -2.36. The van der Waals surface area contributed by atoms with Gasteiger partial charge in [0.1, 0.15) is 11.9 Å². The average Bonchev–Trinajstić information content (AvgIpc) is 2.21. The molecule has 0 bridgehead atoms. The van der Waals surface area contributed by atoms with E-state index in [1.165, 1.54) is 6.07 Å². The molecule has 1 amide bonds. The molecule has 1 aromatic carbocycles. The van der Waals surface area contributed by atoms with Gasteiger partial charge in [-0.1, -0.05) is 6.07 Å². The number of carbonyl (C=O) groups excluding carboxylic acids is 1. The minimum Gasteiger partial charge on any atom is -0.370 e. The second kappa shape index (κ2) is 3.77. The van der Waals surface area contributed by atoms with Crippen molar-refractivity contribution >= 4 is 17.3 Å². The molecule has 3 nitrogen and oxygen atoms in total. The van der Waals surface area contributed by atoms with Crippen LogP contribution in [-0.2, 0) is 4.79 Å². The van der Waals surface area contributed by atoms with Gasteiger partial charge in [-0.15, -0.1) is 0 Å². The largest absolute Gasteiger partial charge is 0.370 e. The van der Waals surface area contributed by atoms with E-state index < -0.39 is 0 Å². The van der Waals surface area contributed by atoms with Crippen LogP contribution in [0.5, 0.6) is 0 Å². The van der Waals surface area contributed by atoms with Gasteiger partial charge in [0.15, 0.2) is 0 Å². The summed E-state index contributed by atoms with van der Waals surface area (Å²) in [7, 11) is 0. The zero-order chi connectivity index (χ0) is 11.9. The minimum atomic E-state index is -0.383. The number of anilines is 2. The van der Waals surface area contributed by atoms with Crippen LogP contribution in [0.3, 0.4) is 0 Å². The predicted octanol–water partition coefficient (Wildman–Crippen LogP) is 2.38. The Kier molecular flexibility index (Phi) is 2.58. The Labute approximate surface area is 94.3 Å². The molecule has 0 spiro atoms. The third-order valence-electron chi connectivity index (χ3n) is 2.74. The number of hydrogen-bond acceptors (Lipinski definition) is 2. The Morgan fingerprint density at radius 2 is 2.12 bits per heavy atom. The average molecular weight is 222 g/mol. The second-order valence-electron chi connectivity index (χ2n) is 4.30. The molecule has 0 aliphatic carbocycles. The van der Waals surface area contributed by atoms with Gasteiger partial charge in [-0.25, -0.2) is 4.39 Å². The fourth-order valence-electron chi connectivity index (χ4n) is 1.99. The molecule has 86 valence electrons. The third-order valence-corrected chi connectivity index (χ3v) is 2.74. The summed E-state index contributed by atoms with van der Waals surface area (Å²) in [6.07, 6.45) is 0. The summed E-state index contributed by atoms with van der Waals surface area (Å²) in [5, 5.41) is 2.90. The molecule has 0 aromatic heterocycles. The van der Waals surface area contributed by atoms with E-state index in [4.69, 9.17) is 0 Å². The van der Waals surface area contributed by atoms with Crippen molar-refractivity contribution in [3.8, 4) is 0 Å². The molecule has 0 radical (unpaired) electrons. The van der Waals surface area contributed by atoms with Crippen LogP contribution in [-0.4, -0.2) is 18.0 Å². The molecule has 1 atom stereocenters. The Bertz CT molecular complexity index is 431. The highest BCUT2D eigenvalue weighted by Crippen LogP contribution is 2.34. The van der Waals surface area contributed by atoms with E-state index in [-0.39, 0.29) is 23.8 Å². The second-order valence-corrected chi connectivity index (χ2v) is 4.30. The van der Waals surface area contributed by atoms with Gasteiger partial charge in [0.2, 0.25) is 5.91 Å². The number of amides is 1. The van der Waals surface area contributed by atoms with Crippen LogP contribution in [0, 0.1) is 5.82 Å². The summed E-state index contributed by atoms with van der Waals surface area (Å²) >= 11 is 0. The summed E-state index contributed by atoms with van der Waals surface area (Å²) in [4.78, 5) is 13.6. The van der Waals surface area contributed by atoms with Crippen molar-refractivity contribution in [1.82, 2.24) is 0 Å². The first kappa shape index (κ1) is 10.9. The highest BCUT2D eigenvalue weighted by atomic mass is 19.1. The van der Waals surface area contributed by atoms with Gasteiger partial charge in [-0.2, -0.15) is 0 Å². The Hall–Kier alpha value is -1.58. The topological polar surface area (TPSA) is 32.3 Å². The summed E-state index contributed by atoms with van der Waals surface area (Å²) < 4.78 is 13.6. The first-order chi connectivity index (χ1) is 7.52. The van der Waals surface area contributed by atoms with Crippen molar-refractivity contribution < 1.29 is 9.18 Å². The standard InChI is InChI=1S/C12H15FN2O/c1-7(2)15-10-6-4-5-9(13)11(10)14-8(3)12(15)16/h4-8,14H,1-3H3. The summed E-state index contributed by atoms with van der Waals surface area (Å²) in [6, 6.07) is 4.42. The van der Waals surface area contributed by atoms with Crippen molar-refractivity contribution in [1.29, 1.82) is 0 Å². The Morgan fingerprint density at radius 1 is 1.44 bits per heavy atom. The molecule has 1 aliphatic heterocycles. The number of nitrogens with one attached hydrogen (secondary N) is 1. The van der Waals surface area contributed by atoms with Gasteiger partial charge in [0.25, 0.3) is 0 Å². The smallest absolute Gasteiger partial charge is 0.249 e. The maximum atomic E-state index is 13.6. The molecule has 0 saturated carbocycles. The fourth-order valence-corrected chi connectivity index (χ4v) is 1.99. The summed E-state index contributed by atoms with van der Waals surface area (Å²) in [5.41, 5.74) is 1.04. The van der Waals surface area contributed by atoms with E-state index in [2.05, 4.69) is 5.32 Å². The van der Waals surface area contributed by atoms with Crippen LogP contribution in [0.15, 0.2) is 18.2 Å². The molecular formula is C12H15FN2O.